The average Bonchev–Trinajstić information content (AvgIpc) is 2.45. The molecule has 0 bridgehead atoms. The van der Waals surface area contributed by atoms with Crippen molar-refractivity contribution < 1.29 is 4.74 Å². The number of aromatic nitrogens is 2. The van der Waals surface area contributed by atoms with Gasteiger partial charge < -0.3 is 15.8 Å². The van der Waals surface area contributed by atoms with E-state index in [9.17, 15) is 4.79 Å². The van der Waals surface area contributed by atoms with Crippen LogP contribution in [0, 0.1) is 0 Å². The molecule has 1 aromatic rings. The molecule has 0 unspecified atom stereocenters. The Labute approximate surface area is 112 Å². The van der Waals surface area contributed by atoms with E-state index in [4.69, 9.17) is 10.5 Å². The Balaban J connectivity index is 1.87. The number of rotatable bonds is 6. The first-order valence-corrected chi connectivity index (χ1v) is 6.61. The molecule has 3 N–H and O–H groups in total. The third-order valence-electron chi connectivity index (χ3n) is 3.07. The number of nitrogens with one attached hydrogen (secondary N) is 1. The number of hydrogen-bond acceptors (Lipinski definition) is 6. The van der Waals surface area contributed by atoms with Crippen LogP contribution >= 0.6 is 0 Å². The Hall–Kier alpha value is -1.44. The standard InChI is InChI=1S/C12H21N5O2/c13-1-2-14-11-9-12(18)17(15-10-11)4-3-16-5-7-19-8-6-16/h9-10,14H,1-8,13H2. The fourth-order valence-electron chi connectivity index (χ4n) is 1.98. The second-order valence-electron chi connectivity index (χ2n) is 4.48. The molecule has 1 aliphatic heterocycles. The van der Waals surface area contributed by atoms with Crippen molar-refractivity contribution in [1.29, 1.82) is 0 Å². The molecule has 0 atom stereocenters. The van der Waals surface area contributed by atoms with Crippen LogP contribution in [0.3, 0.4) is 0 Å². The van der Waals surface area contributed by atoms with E-state index >= 15 is 0 Å². The second kappa shape index (κ2) is 7.22. The highest BCUT2D eigenvalue weighted by molar-refractivity contribution is 5.38. The molecular weight excluding hydrogens is 246 g/mol. The molecular formula is C12H21N5O2. The minimum Gasteiger partial charge on any atom is -0.382 e. The summed E-state index contributed by atoms with van der Waals surface area (Å²) in [7, 11) is 0. The van der Waals surface area contributed by atoms with Crippen molar-refractivity contribution in [1.82, 2.24) is 14.7 Å². The minimum absolute atomic E-state index is 0.0877. The summed E-state index contributed by atoms with van der Waals surface area (Å²) in [6, 6.07) is 1.56. The lowest BCUT2D eigenvalue weighted by Gasteiger charge is -2.26. The first-order chi connectivity index (χ1) is 9.29. The van der Waals surface area contributed by atoms with Crippen LogP contribution in [0.25, 0.3) is 0 Å². The highest BCUT2D eigenvalue weighted by Crippen LogP contribution is 1.99. The predicted molar refractivity (Wildman–Crippen MR) is 73.3 cm³/mol. The lowest BCUT2D eigenvalue weighted by Crippen LogP contribution is -2.39. The third kappa shape index (κ3) is 4.30. The smallest absolute Gasteiger partial charge is 0.268 e. The van der Waals surface area contributed by atoms with Crippen molar-refractivity contribution >= 4 is 5.69 Å². The van der Waals surface area contributed by atoms with E-state index in [0.29, 0.717) is 19.6 Å². The molecule has 7 heteroatoms. The van der Waals surface area contributed by atoms with Gasteiger partial charge in [0.05, 0.1) is 31.6 Å². The molecule has 19 heavy (non-hydrogen) atoms. The van der Waals surface area contributed by atoms with Crippen molar-refractivity contribution in [2.24, 2.45) is 5.73 Å². The first kappa shape index (κ1) is 14.0. The van der Waals surface area contributed by atoms with E-state index in [2.05, 4.69) is 15.3 Å². The molecule has 1 saturated heterocycles. The number of ether oxygens (including phenoxy) is 1. The van der Waals surface area contributed by atoms with Crippen molar-refractivity contribution in [3.63, 3.8) is 0 Å². The van der Waals surface area contributed by atoms with Crippen LogP contribution in [0.5, 0.6) is 0 Å². The lowest BCUT2D eigenvalue weighted by atomic mass is 10.4. The monoisotopic (exact) mass is 267 g/mol. The second-order valence-corrected chi connectivity index (χ2v) is 4.48. The van der Waals surface area contributed by atoms with Crippen LogP contribution in [0.4, 0.5) is 5.69 Å². The topological polar surface area (TPSA) is 85.4 Å². The van der Waals surface area contributed by atoms with Gasteiger partial charge in [0.25, 0.3) is 5.56 Å². The summed E-state index contributed by atoms with van der Waals surface area (Å²) in [4.78, 5) is 14.1. The fraction of sp³-hybridized carbons (Fsp3) is 0.667. The van der Waals surface area contributed by atoms with Gasteiger partial charge >= 0.3 is 0 Å². The average molecular weight is 267 g/mol. The highest BCUT2D eigenvalue weighted by atomic mass is 16.5. The normalized spacial score (nSPS) is 16.5. The third-order valence-corrected chi connectivity index (χ3v) is 3.07. The Morgan fingerprint density at radius 2 is 2.16 bits per heavy atom. The van der Waals surface area contributed by atoms with Gasteiger partial charge in [0, 0.05) is 38.8 Å². The van der Waals surface area contributed by atoms with Gasteiger partial charge in [0.1, 0.15) is 0 Å². The molecule has 7 nitrogen and oxygen atoms in total. The summed E-state index contributed by atoms with van der Waals surface area (Å²) in [6.45, 7) is 5.98. The molecule has 1 aromatic heterocycles. The van der Waals surface area contributed by atoms with Crippen LogP contribution < -0.4 is 16.6 Å². The maximum Gasteiger partial charge on any atom is 0.268 e. The zero-order chi connectivity index (χ0) is 13.5. The number of anilines is 1. The van der Waals surface area contributed by atoms with E-state index in [0.717, 1.165) is 38.5 Å². The van der Waals surface area contributed by atoms with Gasteiger partial charge in [-0.1, -0.05) is 0 Å². The molecule has 0 amide bonds. The SMILES string of the molecule is NCCNc1cnn(CCN2CCOCC2)c(=O)c1. The molecule has 1 aliphatic rings. The Morgan fingerprint density at radius 1 is 1.37 bits per heavy atom. The summed E-state index contributed by atoms with van der Waals surface area (Å²) < 4.78 is 6.77. The molecule has 0 aromatic carbocycles. The van der Waals surface area contributed by atoms with Crippen molar-refractivity contribution in [3.05, 3.63) is 22.6 Å². The van der Waals surface area contributed by atoms with Gasteiger partial charge in [0.2, 0.25) is 0 Å². The maximum atomic E-state index is 11.9. The summed E-state index contributed by atoms with van der Waals surface area (Å²) in [5, 5.41) is 7.20. The van der Waals surface area contributed by atoms with Crippen LogP contribution in [-0.2, 0) is 11.3 Å². The Kier molecular flexibility index (Phi) is 5.31. The molecule has 1 fully saturated rings. The van der Waals surface area contributed by atoms with Crippen LogP contribution in [0.1, 0.15) is 0 Å². The molecule has 0 aliphatic carbocycles. The summed E-state index contributed by atoms with van der Waals surface area (Å²) >= 11 is 0. The van der Waals surface area contributed by atoms with E-state index in [-0.39, 0.29) is 5.56 Å². The molecule has 0 saturated carbocycles. The summed E-state index contributed by atoms with van der Waals surface area (Å²) in [5.74, 6) is 0. The van der Waals surface area contributed by atoms with Gasteiger partial charge in [-0.15, -0.1) is 0 Å². The zero-order valence-corrected chi connectivity index (χ0v) is 11.0. The van der Waals surface area contributed by atoms with Gasteiger partial charge in [0.15, 0.2) is 0 Å². The minimum atomic E-state index is -0.0877. The molecule has 0 radical (unpaired) electrons. The molecule has 106 valence electrons. The highest BCUT2D eigenvalue weighted by Gasteiger charge is 2.10. The van der Waals surface area contributed by atoms with Crippen molar-refractivity contribution in [3.8, 4) is 0 Å². The van der Waals surface area contributed by atoms with Gasteiger partial charge in [-0.3, -0.25) is 9.69 Å². The molecule has 2 rings (SSSR count). The quantitative estimate of drug-likeness (QED) is 0.684. The number of morpholine rings is 1. The van der Waals surface area contributed by atoms with E-state index in [1.807, 2.05) is 0 Å². The van der Waals surface area contributed by atoms with Crippen LogP contribution in [-0.4, -0.2) is 60.6 Å². The number of hydrogen-bond donors (Lipinski definition) is 2. The van der Waals surface area contributed by atoms with Gasteiger partial charge in [-0.05, 0) is 0 Å². The van der Waals surface area contributed by atoms with Crippen molar-refractivity contribution in [2.45, 2.75) is 6.54 Å². The molecule has 2 heterocycles. The van der Waals surface area contributed by atoms with E-state index in [1.165, 1.54) is 4.68 Å². The number of nitrogens with zero attached hydrogens (tertiary/aromatic N) is 3. The Morgan fingerprint density at radius 3 is 2.84 bits per heavy atom. The number of nitrogens with two attached hydrogens (primary N) is 1. The van der Waals surface area contributed by atoms with Crippen LogP contribution in [0.15, 0.2) is 17.1 Å². The predicted octanol–water partition coefficient (Wildman–Crippen LogP) is -1.05. The fourth-order valence-corrected chi connectivity index (χ4v) is 1.98. The van der Waals surface area contributed by atoms with Crippen molar-refractivity contribution in [2.75, 3.05) is 51.3 Å². The summed E-state index contributed by atoms with van der Waals surface area (Å²) in [5.41, 5.74) is 6.03. The summed E-state index contributed by atoms with van der Waals surface area (Å²) in [6.07, 6.45) is 1.66. The zero-order valence-electron chi connectivity index (χ0n) is 11.0. The Bertz CT molecular complexity index is 442. The lowest BCUT2D eigenvalue weighted by molar-refractivity contribution is 0.0358. The maximum absolute atomic E-state index is 11.9. The van der Waals surface area contributed by atoms with Gasteiger partial charge in [-0.2, -0.15) is 5.10 Å². The largest absolute Gasteiger partial charge is 0.382 e. The molecule has 0 spiro atoms. The van der Waals surface area contributed by atoms with E-state index < -0.39 is 0 Å². The van der Waals surface area contributed by atoms with Crippen LogP contribution in [0.2, 0.25) is 0 Å². The van der Waals surface area contributed by atoms with E-state index in [1.54, 1.807) is 12.3 Å². The first-order valence-electron chi connectivity index (χ1n) is 6.61. The van der Waals surface area contributed by atoms with Gasteiger partial charge in [-0.25, -0.2) is 4.68 Å².